The minimum atomic E-state index is -0.905. The number of carbonyl (C=O) groups is 3. The van der Waals surface area contributed by atoms with Crippen molar-refractivity contribution in [2.45, 2.75) is 12.1 Å². The Balaban J connectivity index is 1.43. The number of nitrogens with one attached hydrogen (secondary N) is 1. The van der Waals surface area contributed by atoms with Gasteiger partial charge in [0.05, 0.1) is 30.7 Å². The number of fused-ring (bicyclic) bond motifs is 5. The quantitative estimate of drug-likeness (QED) is 0.469. The molecule has 37 heavy (non-hydrogen) atoms. The van der Waals surface area contributed by atoms with Crippen LogP contribution in [0.1, 0.15) is 17.2 Å². The van der Waals surface area contributed by atoms with Crippen molar-refractivity contribution in [3.63, 3.8) is 0 Å². The number of rotatable bonds is 4. The lowest BCUT2D eigenvalue weighted by molar-refractivity contribution is -0.128. The fourth-order valence-corrected chi connectivity index (χ4v) is 6.19. The second-order valence-electron chi connectivity index (χ2n) is 9.19. The number of hydrogen-bond donors (Lipinski definition) is 1. The maximum Gasteiger partial charge on any atom is 0.247 e. The van der Waals surface area contributed by atoms with Crippen LogP contribution >= 0.6 is 23.2 Å². The summed E-state index contributed by atoms with van der Waals surface area (Å²) in [6, 6.07) is 17.9. The largest absolute Gasteiger partial charge is 0.497 e. The van der Waals surface area contributed by atoms with Crippen LogP contribution in [0.4, 0.5) is 11.4 Å². The van der Waals surface area contributed by atoms with E-state index in [0.717, 1.165) is 16.0 Å². The molecule has 0 unspecified atom stereocenters. The third-order valence-corrected chi connectivity index (χ3v) is 7.63. The topological polar surface area (TPSA) is 79.0 Å². The molecule has 9 heteroatoms. The molecule has 7 nitrogen and oxygen atoms in total. The van der Waals surface area contributed by atoms with Gasteiger partial charge in [-0.2, -0.15) is 0 Å². The molecule has 3 aliphatic heterocycles. The highest BCUT2D eigenvalue weighted by Gasteiger charge is 2.64. The van der Waals surface area contributed by atoms with Crippen LogP contribution in [0.25, 0.3) is 6.08 Å². The second-order valence-corrected chi connectivity index (χ2v) is 10.1. The van der Waals surface area contributed by atoms with E-state index in [1.807, 2.05) is 41.4 Å². The number of hydrogen-bond acceptors (Lipinski definition) is 5. The predicted octanol–water partition coefficient (Wildman–Crippen LogP) is 5.16. The number of amides is 3. The van der Waals surface area contributed by atoms with Gasteiger partial charge in [0.1, 0.15) is 11.8 Å². The molecule has 186 valence electrons. The van der Waals surface area contributed by atoms with E-state index in [0.29, 0.717) is 27.2 Å². The van der Waals surface area contributed by atoms with Crippen LogP contribution in [0.3, 0.4) is 0 Å². The molecule has 0 aromatic heterocycles. The van der Waals surface area contributed by atoms with Crippen molar-refractivity contribution in [1.82, 2.24) is 4.90 Å². The van der Waals surface area contributed by atoms with Gasteiger partial charge in [0, 0.05) is 21.9 Å². The van der Waals surface area contributed by atoms with Gasteiger partial charge >= 0.3 is 0 Å². The zero-order valence-corrected chi connectivity index (χ0v) is 21.1. The van der Waals surface area contributed by atoms with Gasteiger partial charge in [-0.25, -0.2) is 4.90 Å². The first kappa shape index (κ1) is 23.6. The van der Waals surface area contributed by atoms with Gasteiger partial charge in [0.2, 0.25) is 17.7 Å². The molecule has 0 aliphatic carbocycles. The molecule has 4 atom stereocenters. The van der Waals surface area contributed by atoms with E-state index in [2.05, 4.69) is 5.32 Å². The molecule has 2 fully saturated rings. The van der Waals surface area contributed by atoms with Crippen LogP contribution in [0.15, 0.2) is 72.9 Å². The molecule has 6 rings (SSSR count). The number of imide groups is 1. The molecule has 3 aromatic carbocycles. The normalized spacial score (nSPS) is 23.5. The summed E-state index contributed by atoms with van der Waals surface area (Å²) in [6.45, 7) is 0. The number of ether oxygens (including phenoxy) is 1. The summed E-state index contributed by atoms with van der Waals surface area (Å²) < 4.78 is 5.19. The summed E-state index contributed by atoms with van der Waals surface area (Å²) >= 11 is 12.4. The zero-order valence-electron chi connectivity index (χ0n) is 19.6. The van der Waals surface area contributed by atoms with Gasteiger partial charge in [0.25, 0.3) is 0 Å². The molecule has 3 amide bonds. The Hall–Kier alpha value is -3.81. The van der Waals surface area contributed by atoms with E-state index >= 15 is 0 Å². The van der Waals surface area contributed by atoms with Gasteiger partial charge in [0.15, 0.2) is 0 Å². The average Bonchev–Trinajstić information content (AvgIpc) is 3.36. The van der Waals surface area contributed by atoms with Crippen LogP contribution in [-0.4, -0.2) is 35.8 Å². The van der Waals surface area contributed by atoms with Gasteiger partial charge in [-0.05, 0) is 59.7 Å². The van der Waals surface area contributed by atoms with Crippen LogP contribution in [0.2, 0.25) is 10.0 Å². The Bertz CT molecular complexity index is 1450. The fourth-order valence-electron chi connectivity index (χ4n) is 5.67. The zero-order chi connectivity index (χ0) is 25.8. The van der Waals surface area contributed by atoms with E-state index < -0.39 is 29.8 Å². The number of benzene rings is 3. The summed E-state index contributed by atoms with van der Waals surface area (Å²) in [5, 5.41) is 3.53. The highest BCUT2D eigenvalue weighted by Crippen LogP contribution is 2.53. The van der Waals surface area contributed by atoms with Crippen molar-refractivity contribution in [2.24, 2.45) is 11.8 Å². The van der Waals surface area contributed by atoms with Crippen LogP contribution in [0, 0.1) is 11.8 Å². The SMILES string of the molecule is COc1ccc(NC(=O)[C@@H]2[C@@H]3C(=O)N(c4cc(Cl)cc(Cl)c4)C(=O)[C@@H]3[C@H]3c4ccccc4C=CN23)cc1. The summed E-state index contributed by atoms with van der Waals surface area (Å²) in [4.78, 5) is 44.5. The molecule has 0 radical (unpaired) electrons. The lowest BCUT2D eigenvalue weighted by atomic mass is 9.84. The Kier molecular flexibility index (Phi) is 5.70. The molecular weight excluding hydrogens is 513 g/mol. The Morgan fingerprint density at radius 1 is 0.919 bits per heavy atom. The summed E-state index contributed by atoms with van der Waals surface area (Å²) in [5.74, 6) is -2.22. The predicted molar refractivity (Wildman–Crippen MR) is 141 cm³/mol. The lowest BCUT2D eigenvalue weighted by Gasteiger charge is -2.35. The molecular formula is C28H21Cl2N3O4. The molecule has 1 N–H and O–H groups in total. The monoisotopic (exact) mass is 533 g/mol. The third kappa shape index (κ3) is 3.77. The molecule has 0 saturated carbocycles. The second kappa shape index (κ2) is 8.94. The Morgan fingerprint density at radius 3 is 2.30 bits per heavy atom. The van der Waals surface area contributed by atoms with Crippen molar-refractivity contribution in [1.29, 1.82) is 0 Å². The van der Waals surface area contributed by atoms with Crippen LogP contribution in [-0.2, 0) is 14.4 Å². The minimum Gasteiger partial charge on any atom is -0.497 e. The first-order valence-corrected chi connectivity index (χ1v) is 12.5. The van der Waals surface area contributed by atoms with E-state index in [1.54, 1.807) is 31.4 Å². The third-order valence-electron chi connectivity index (χ3n) is 7.19. The van der Waals surface area contributed by atoms with Crippen LogP contribution < -0.4 is 15.0 Å². The summed E-state index contributed by atoms with van der Waals surface area (Å²) in [7, 11) is 1.56. The van der Waals surface area contributed by atoms with E-state index in [4.69, 9.17) is 27.9 Å². The lowest BCUT2D eigenvalue weighted by Crippen LogP contribution is -2.46. The van der Waals surface area contributed by atoms with Gasteiger partial charge in [-0.3, -0.25) is 14.4 Å². The average molecular weight is 534 g/mol. The van der Waals surface area contributed by atoms with Crippen molar-refractivity contribution >= 4 is 58.4 Å². The number of halogens is 2. The highest BCUT2D eigenvalue weighted by atomic mass is 35.5. The van der Waals surface area contributed by atoms with E-state index in [1.165, 1.54) is 18.2 Å². The molecule has 0 spiro atoms. The number of anilines is 2. The summed E-state index contributed by atoms with van der Waals surface area (Å²) in [5.41, 5.74) is 2.69. The number of methoxy groups -OCH3 is 1. The maximum atomic E-state index is 13.9. The number of carbonyl (C=O) groups excluding carboxylic acids is 3. The first-order chi connectivity index (χ1) is 17.9. The minimum absolute atomic E-state index is 0.294. The van der Waals surface area contributed by atoms with Crippen molar-refractivity contribution < 1.29 is 19.1 Å². The van der Waals surface area contributed by atoms with Crippen molar-refractivity contribution in [3.05, 3.63) is 94.1 Å². The molecule has 3 aliphatic rings. The Labute approximate surface area is 223 Å². The maximum absolute atomic E-state index is 13.9. The molecule has 2 saturated heterocycles. The smallest absolute Gasteiger partial charge is 0.247 e. The van der Waals surface area contributed by atoms with E-state index in [9.17, 15) is 14.4 Å². The Morgan fingerprint density at radius 2 is 1.59 bits per heavy atom. The standard InChI is InChI=1S/C28H21Cl2N3O4/c1-37-20-8-6-18(7-9-20)31-26(34)25-23-22(24-21-5-3-2-4-15(21)10-11-32(24)25)27(35)33(28(23)36)19-13-16(29)12-17(30)14-19/h2-14,22-25H,1H3,(H,31,34)/t22-,23+,24+,25-/m0/s1. The van der Waals surface area contributed by atoms with Crippen LogP contribution in [0.5, 0.6) is 5.75 Å². The summed E-state index contributed by atoms with van der Waals surface area (Å²) in [6.07, 6.45) is 3.72. The van der Waals surface area contributed by atoms with Gasteiger partial charge in [-0.15, -0.1) is 0 Å². The molecule has 3 aromatic rings. The molecule has 3 heterocycles. The molecule has 0 bridgehead atoms. The fraction of sp³-hybridized carbons (Fsp3) is 0.179. The van der Waals surface area contributed by atoms with Gasteiger partial charge in [-0.1, -0.05) is 47.5 Å². The van der Waals surface area contributed by atoms with E-state index in [-0.39, 0.29) is 11.8 Å². The van der Waals surface area contributed by atoms with Gasteiger partial charge < -0.3 is 15.0 Å². The van der Waals surface area contributed by atoms with Crippen molar-refractivity contribution in [2.75, 3.05) is 17.3 Å². The highest BCUT2D eigenvalue weighted by molar-refractivity contribution is 6.36. The van der Waals surface area contributed by atoms with Crippen molar-refractivity contribution in [3.8, 4) is 5.75 Å². The number of nitrogens with zero attached hydrogens (tertiary/aromatic N) is 2. The first-order valence-electron chi connectivity index (χ1n) is 11.7.